The summed E-state index contributed by atoms with van der Waals surface area (Å²) in [6.07, 6.45) is -1.77. The van der Waals surface area contributed by atoms with E-state index in [-0.39, 0.29) is 15.2 Å². The molecule has 66 valence electrons. The lowest BCUT2D eigenvalue weighted by molar-refractivity contribution is 0.149. The molecule has 0 aromatic carbocycles. The van der Waals surface area contributed by atoms with Crippen LogP contribution in [0.4, 0.5) is 8.78 Å². The van der Waals surface area contributed by atoms with E-state index in [1.165, 1.54) is 0 Å². The maximum Gasteiger partial charge on any atom is 0.266 e. The molecule has 0 bridgehead atoms. The van der Waals surface area contributed by atoms with Crippen molar-refractivity contribution < 1.29 is 13.9 Å². The zero-order valence-corrected chi connectivity index (χ0v) is 7.90. The van der Waals surface area contributed by atoms with E-state index in [0.717, 1.165) is 6.20 Å². The number of aromatic hydroxyl groups is 1. The summed E-state index contributed by atoms with van der Waals surface area (Å²) in [5, 5.41) is 8.86. The SMILES string of the molecule is Oc1c(Cl)ncc(C(F)F)c1Br. The van der Waals surface area contributed by atoms with Gasteiger partial charge in [-0.15, -0.1) is 0 Å². The number of aromatic nitrogens is 1. The molecule has 1 rings (SSSR count). The monoisotopic (exact) mass is 257 g/mol. The summed E-state index contributed by atoms with van der Waals surface area (Å²) in [6.45, 7) is 0. The average Bonchev–Trinajstić information content (AvgIpc) is 2.00. The van der Waals surface area contributed by atoms with Gasteiger partial charge in [0.05, 0.1) is 10.0 Å². The standard InChI is InChI=1S/C6H3BrClF2NO/c7-3-2(6(9)10)1-11-5(8)4(3)12/h1,6,12H. The summed E-state index contributed by atoms with van der Waals surface area (Å²) in [6, 6.07) is 0. The number of rotatable bonds is 1. The highest BCUT2D eigenvalue weighted by Gasteiger charge is 2.17. The highest BCUT2D eigenvalue weighted by Crippen LogP contribution is 2.36. The van der Waals surface area contributed by atoms with E-state index in [4.69, 9.17) is 16.7 Å². The summed E-state index contributed by atoms with van der Waals surface area (Å²) >= 11 is 8.13. The van der Waals surface area contributed by atoms with Crippen molar-refractivity contribution in [3.05, 3.63) is 21.4 Å². The molecule has 0 aliphatic rings. The van der Waals surface area contributed by atoms with Gasteiger partial charge in [-0.3, -0.25) is 0 Å². The Labute approximate surface area is 80.3 Å². The molecule has 0 saturated heterocycles. The fourth-order valence-corrected chi connectivity index (χ4v) is 1.34. The third kappa shape index (κ3) is 1.67. The molecule has 0 radical (unpaired) electrons. The number of halogens is 4. The van der Waals surface area contributed by atoms with Crippen molar-refractivity contribution in [2.24, 2.45) is 0 Å². The molecular weight excluding hydrogens is 255 g/mol. The van der Waals surface area contributed by atoms with E-state index < -0.39 is 12.2 Å². The summed E-state index contributed by atoms with van der Waals surface area (Å²) in [5.74, 6) is -0.463. The molecule has 0 fully saturated rings. The first-order chi connectivity index (χ1) is 5.54. The third-order valence-corrected chi connectivity index (χ3v) is 2.32. The van der Waals surface area contributed by atoms with Gasteiger partial charge in [-0.1, -0.05) is 11.6 Å². The summed E-state index contributed by atoms with van der Waals surface area (Å²) in [4.78, 5) is 3.37. The minimum atomic E-state index is -2.69. The van der Waals surface area contributed by atoms with E-state index in [1.54, 1.807) is 0 Å². The highest BCUT2D eigenvalue weighted by molar-refractivity contribution is 9.10. The van der Waals surface area contributed by atoms with E-state index in [2.05, 4.69) is 20.9 Å². The normalized spacial score (nSPS) is 10.8. The van der Waals surface area contributed by atoms with Crippen LogP contribution >= 0.6 is 27.5 Å². The van der Waals surface area contributed by atoms with Crippen LogP contribution in [0.25, 0.3) is 0 Å². The Hall–Kier alpha value is -0.420. The fourth-order valence-electron chi connectivity index (χ4n) is 0.623. The number of hydrogen-bond donors (Lipinski definition) is 1. The molecule has 1 N–H and O–H groups in total. The minimum absolute atomic E-state index is 0.113. The maximum absolute atomic E-state index is 12.1. The summed E-state index contributed by atoms with van der Waals surface area (Å²) < 4.78 is 24.1. The van der Waals surface area contributed by atoms with Gasteiger partial charge in [0, 0.05) is 6.20 Å². The minimum Gasteiger partial charge on any atom is -0.504 e. The van der Waals surface area contributed by atoms with Crippen molar-refractivity contribution in [2.75, 3.05) is 0 Å². The van der Waals surface area contributed by atoms with Crippen LogP contribution in [0.3, 0.4) is 0 Å². The van der Waals surface area contributed by atoms with Gasteiger partial charge in [0.25, 0.3) is 6.43 Å². The Kier molecular flexibility index (Phi) is 2.85. The lowest BCUT2D eigenvalue weighted by atomic mass is 10.3. The van der Waals surface area contributed by atoms with Gasteiger partial charge in [0.1, 0.15) is 0 Å². The van der Waals surface area contributed by atoms with Crippen molar-refractivity contribution in [3.63, 3.8) is 0 Å². The van der Waals surface area contributed by atoms with Gasteiger partial charge >= 0.3 is 0 Å². The lowest BCUT2D eigenvalue weighted by Gasteiger charge is -2.04. The zero-order chi connectivity index (χ0) is 9.30. The molecule has 0 aliphatic heterocycles. The Morgan fingerprint density at radius 3 is 2.67 bits per heavy atom. The largest absolute Gasteiger partial charge is 0.504 e. The van der Waals surface area contributed by atoms with Crippen LogP contribution in [0, 0.1) is 0 Å². The van der Waals surface area contributed by atoms with Crippen LogP contribution in [0.15, 0.2) is 10.7 Å². The first-order valence-corrected chi connectivity index (χ1v) is 4.02. The summed E-state index contributed by atoms with van der Waals surface area (Å²) in [7, 11) is 0. The van der Waals surface area contributed by atoms with E-state index in [9.17, 15) is 8.78 Å². The van der Waals surface area contributed by atoms with Crippen LogP contribution in [-0.4, -0.2) is 10.1 Å². The molecule has 0 spiro atoms. The van der Waals surface area contributed by atoms with Crippen LogP contribution in [0.1, 0.15) is 12.0 Å². The Balaban J connectivity index is 3.27. The molecule has 0 atom stereocenters. The predicted molar refractivity (Wildman–Crippen MR) is 43.6 cm³/mol. The average molecular weight is 258 g/mol. The lowest BCUT2D eigenvalue weighted by Crippen LogP contribution is -1.89. The highest BCUT2D eigenvalue weighted by atomic mass is 79.9. The molecule has 6 heteroatoms. The van der Waals surface area contributed by atoms with Gasteiger partial charge < -0.3 is 5.11 Å². The molecule has 0 aliphatic carbocycles. The van der Waals surface area contributed by atoms with Gasteiger partial charge in [0.2, 0.25) is 0 Å². The molecule has 1 aromatic rings. The number of hydrogen-bond acceptors (Lipinski definition) is 2. The molecule has 0 amide bonds. The molecule has 0 unspecified atom stereocenters. The van der Waals surface area contributed by atoms with E-state index >= 15 is 0 Å². The first-order valence-electron chi connectivity index (χ1n) is 2.85. The van der Waals surface area contributed by atoms with E-state index in [0.29, 0.717) is 0 Å². The predicted octanol–water partition coefficient (Wildman–Crippen LogP) is 3.14. The van der Waals surface area contributed by atoms with Crippen molar-refractivity contribution in [2.45, 2.75) is 6.43 Å². The van der Waals surface area contributed by atoms with Crippen LogP contribution in [-0.2, 0) is 0 Å². The smallest absolute Gasteiger partial charge is 0.266 e. The number of alkyl halides is 2. The molecule has 0 saturated carbocycles. The topological polar surface area (TPSA) is 33.1 Å². The zero-order valence-electron chi connectivity index (χ0n) is 5.56. The Morgan fingerprint density at radius 1 is 1.58 bits per heavy atom. The van der Waals surface area contributed by atoms with Crippen molar-refractivity contribution >= 4 is 27.5 Å². The summed E-state index contributed by atoms with van der Waals surface area (Å²) in [5.41, 5.74) is -0.378. The van der Waals surface area contributed by atoms with Crippen LogP contribution in [0.2, 0.25) is 5.15 Å². The third-order valence-electron chi connectivity index (χ3n) is 1.21. The van der Waals surface area contributed by atoms with Crippen LogP contribution < -0.4 is 0 Å². The first kappa shape index (κ1) is 9.67. The maximum atomic E-state index is 12.1. The van der Waals surface area contributed by atoms with Crippen molar-refractivity contribution in [3.8, 4) is 5.75 Å². The van der Waals surface area contributed by atoms with Gasteiger partial charge in [-0.25, -0.2) is 13.8 Å². The van der Waals surface area contributed by atoms with E-state index in [1.807, 2.05) is 0 Å². The Morgan fingerprint density at radius 2 is 2.17 bits per heavy atom. The van der Waals surface area contributed by atoms with Gasteiger partial charge in [0.15, 0.2) is 10.9 Å². The second-order valence-electron chi connectivity index (χ2n) is 1.97. The molecule has 1 aromatic heterocycles. The Bertz CT molecular complexity index is 308. The van der Waals surface area contributed by atoms with Gasteiger partial charge in [-0.05, 0) is 15.9 Å². The molecule has 1 heterocycles. The number of pyridine rings is 1. The van der Waals surface area contributed by atoms with Crippen molar-refractivity contribution in [1.82, 2.24) is 4.98 Å². The van der Waals surface area contributed by atoms with Crippen LogP contribution in [0.5, 0.6) is 5.75 Å². The second kappa shape index (κ2) is 3.53. The quantitative estimate of drug-likeness (QED) is 0.785. The number of nitrogens with zero attached hydrogens (tertiary/aromatic N) is 1. The van der Waals surface area contributed by atoms with Crippen molar-refractivity contribution in [1.29, 1.82) is 0 Å². The fraction of sp³-hybridized carbons (Fsp3) is 0.167. The molecule has 12 heavy (non-hydrogen) atoms. The second-order valence-corrected chi connectivity index (χ2v) is 3.12. The van der Waals surface area contributed by atoms with Gasteiger partial charge in [-0.2, -0.15) is 0 Å². The molecule has 2 nitrogen and oxygen atoms in total. The molecular formula is C6H3BrClF2NO.